The predicted molar refractivity (Wildman–Crippen MR) is 98.8 cm³/mol. The summed E-state index contributed by atoms with van der Waals surface area (Å²) >= 11 is 0. The molecule has 2 rings (SSSR count). The summed E-state index contributed by atoms with van der Waals surface area (Å²) in [4.78, 5) is 26.3. The van der Waals surface area contributed by atoms with Crippen molar-refractivity contribution >= 4 is 27.3 Å². The molecule has 1 aromatic carbocycles. The van der Waals surface area contributed by atoms with Crippen LogP contribution in [0.5, 0.6) is 11.5 Å². The van der Waals surface area contributed by atoms with Crippen molar-refractivity contribution in [2.75, 3.05) is 51.3 Å². The second-order valence-electron chi connectivity index (χ2n) is 6.07. The molecule has 10 heteroatoms. The number of rotatable bonds is 7. The van der Waals surface area contributed by atoms with Gasteiger partial charge in [0.25, 0.3) is 0 Å². The Morgan fingerprint density at radius 3 is 2.44 bits per heavy atom. The van der Waals surface area contributed by atoms with Crippen LogP contribution >= 0.6 is 0 Å². The summed E-state index contributed by atoms with van der Waals surface area (Å²) in [6.07, 6.45) is 0.307. The first-order valence-corrected chi connectivity index (χ1v) is 10.2. The van der Waals surface area contributed by atoms with Gasteiger partial charge in [-0.2, -0.15) is 0 Å². The van der Waals surface area contributed by atoms with Gasteiger partial charge in [-0.1, -0.05) is 0 Å². The Labute approximate surface area is 158 Å². The lowest BCUT2D eigenvalue weighted by atomic mass is 10.2. The fourth-order valence-electron chi connectivity index (χ4n) is 2.89. The number of hydrogen-bond donors (Lipinski definition) is 1. The summed E-state index contributed by atoms with van der Waals surface area (Å²) < 4.78 is 38.8. The van der Waals surface area contributed by atoms with Gasteiger partial charge in [0.15, 0.2) is 21.3 Å². The quantitative estimate of drug-likeness (QED) is 0.656. The SMILES string of the molecule is COCCN(C(=O)C(=O)Nc1ccc(OC)c(OC)c1)C1CCS(=O)(=O)C1. The molecular weight excluding hydrogens is 376 g/mol. The van der Waals surface area contributed by atoms with E-state index >= 15 is 0 Å². The molecule has 1 N–H and O–H groups in total. The summed E-state index contributed by atoms with van der Waals surface area (Å²) in [5.41, 5.74) is 0.358. The van der Waals surface area contributed by atoms with Crippen molar-refractivity contribution in [1.29, 1.82) is 0 Å². The van der Waals surface area contributed by atoms with Crippen molar-refractivity contribution in [2.24, 2.45) is 0 Å². The molecule has 150 valence electrons. The molecule has 1 aliphatic rings. The Morgan fingerprint density at radius 1 is 1.19 bits per heavy atom. The van der Waals surface area contributed by atoms with Crippen molar-refractivity contribution < 1.29 is 32.2 Å². The van der Waals surface area contributed by atoms with Crippen LogP contribution in [0.15, 0.2) is 18.2 Å². The summed E-state index contributed by atoms with van der Waals surface area (Å²) in [7, 11) is 1.22. The highest BCUT2D eigenvalue weighted by molar-refractivity contribution is 7.91. The van der Waals surface area contributed by atoms with Crippen LogP contribution < -0.4 is 14.8 Å². The number of benzene rings is 1. The van der Waals surface area contributed by atoms with E-state index < -0.39 is 27.7 Å². The van der Waals surface area contributed by atoms with Crippen LogP contribution in [-0.2, 0) is 24.2 Å². The third-order valence-corrected chi connectivity index (χ3v) is 6.03. The van der Waals surface area contributed by atoms with Gasteiger partial charge in [0.1, 0.15) is 0 Å². The normalized spacial score (nSPS) is 18.0. The predicted octanol–water partition coefficient (Wildman–Crippen LogP) is 0.304. The topological polar surface area (TPSA) is 111 Å². The summed E-state index contributed by atoms with van der Waals surface area (Å²) in [5, 5.41) is 2.51. The minimum Gasteiger partial charge on any atom is -0.493 e. The fraction of sp³-hybridized carbons (Fsp3) is 0.529. The Kier molecular flexibility index (Phi) is 7.03. The van der Waals surface area contributed by atoms with Crippen molar-refractivity contribution in [3.05, 3.63) is 18.2 Å². The molecular formula is C17H24N2O7S. The van der Waals surface area contributed by atoms with E-state index in [4.69, 9.17) is 14.2 Å². The number of carbonyl (C=O) groups excluding carboxylic acids is 2. The van der Waals surface area contributed by atoms with E-state index in [1.807, 2.05) is 0 Å². The number of nitrogens with zero attached hydrogens (tertiary/aromatic N) is 1. The molecule has 0 spiro atoms. The molecule has 0 bridgehead atoms. The number of ether oxygens (including phenoxy) is 3. The van der Waals surface area contributed by atoms with Crippen molar-refractivity contribution in [3.63, 3.8) is 0 Å². The zero-order valence-corrected chi connectivity index (χ0v) is 16.4. The van der Waals surface area contributed by atoms with Gasteiger partial charge >= 0.3 is 11.8 Å². The molecule has 1 aliphatic heterocycles. The number of hydrogen-bond acceptors (Lipinski definition) is 7. The highest BCUT2D eigenvalue weighted by atomic mass is 32.2. The van der Waals surface area contributed by atoms with E-state index in [0.717, 1.165) is 0 Å². The van der Waals surface area contributed by atoms with Gasteiger partial charge < -0.3 is 24.4 Å². The van der Waals surface area contributed by atoms with Crippen LogP contribution in [-0.4, -0.2) is 77.2 Å². The smallest absolute Gasteiger partial charge is 0.313 e. The van der Waals surface area contributed by atoms with Crippen molar-refractivity contribution in [2.45, 2.75) is 12.5 Å². The van der Waals surface area contributed by atoms with Gasteiger partial charge in [0, 0.05) is 31.5 Å². The standard InChI is InChI=1S/C17H24N2O7S/c1-24-8-7-19(13-6-9-27(22,23)11-13)17(21)16(20)18-12-4-5-14(25-2)15(10-12)26-3/h4-5,10,13H,6-9,11H2,1-3H3,(H,18,20). The minimum atomic E-state index is -3.20. The number of amides is 2. The average Bonchev–Trinajstić information content (AvgIpc) is 3.01. The van der Waals surface area contributed by atoms with E-state index in [-0.39, 0.29) is 24.7 Å². The van der Waals surface area contributed by atoms with Gasteiger partial charge in [-0.25, -0.2) is 8.42 Å². The van der Waals surface area contributed by atoms with Crippen LogP contribution in [0.3, 0.4) is 0 Å². The molecule has 1 fully saturated rings. The highest BCUT2D eigenvalue weighted by Crippen LogP contribution is 2.29. The maximum absolute atomic E-state index is 12.6. The van der Waals surface area contributed by atoms with Gasteiger partial charge in [0.2, 0.25) is 0 Å². The number of nitrogens with one attached hydrogen (secondary N) is 1. The third-order valence-electron chi connectivity index (χ3n) is 4.28. The lowest BCUT2D eigenvalue weighted by Crippen LogP contribution is -2.47. The Bertz CT molecular complexity index is 794. The zero-order chi connectivity index (χ0) is 20.0. The van der Waals surface area contributed by atoms with Gasteiger partial charge in [-0.05, 0) is 18.6 Å². The Balaban J connectivity index is 2.13. The number of anilines is 1. The Morgan fingerprint density at radius 2 is 1.89 bits per heavy atom. The lowest BCUT2D eigenvalue weighted by Gasteiger charge is -2.27. The fourth-order valence-corrected chi connectivity index (χ4v) is 4.62. The lowest BCUT2D eigenvalue weighted by molar-refractivity contribution is -0.144. The van der Waals surface area contributed by atoms with Crippen LogP contribution in [0.1, 0.15) is 6.42 Å². The highest BCUT2D eigenvalue weighted by Gasteiger charge is 2.36. The zero-order valence-electron chi connectivity index (χ0n) is 15.6. The summed E-state index contributed by atoms with van der Waals surface area (Å²) in [6, 6.07) is 4.18. The maximum Gasteiger partial charge on any atom is 0.313 e. The summed E-state index contributed by atoms with van der Waals surface area (Å²) in [6.45, 7) is 0.334. The average molecular weight is 400 g/mol. The second-order valence-corrected chi connectivity index (χ2v) is 8.30. The molecule has 1 unspecified atom stereocenters. The number of methoxy groups -OCH3 is 3. The monoisotopic (exact) mass is 400 g/mol. The Hall–Kier alpha value is -2.33. The van der Waals surface area contributed by atoms with Crippen LogP contribution in [0.4, 0.5) is 5.69 Å². The van der Waals surface area contributed by atoms with E-state index in [0.29, 0.717) is 23.6 Å². The van der Waals surface area contributed by atoms with E-state index in [1.165, 1.54) is 32.3 Å². The molecule has 2 amide bonds. The molecule has 9 nitrogen and oxygen atoms in total. The van der Waals surface area contributed by atoms with Crippen LogP contribution in [0.2, 0.25) is 0 Å². The second kappa shape index (κ2) is 9.05. The van der Waals surface area contributed by atoms with Gasteiger partial charge in [-0.15, -0.1) is 0 Å². The van der Waals surface area contributed by atoms with Gasteiger partial charge in [0.05, 0.1) is 32.3 Å². The minimum absolute atomic E-state index is 0.00568. The molecule has 0 aromatic heterocycles. The molecule has 27 heavy (non-hydrogen) atoms. The molecule has 1 aromatic rings. The largest absolute Gasteiger partial charge is 0.493 e. The first-order chi connectivity index (χ1) is 12.8. The molecule has 0 saturated carbocycles. The van der Waals surface area contributed by atoms with E-state index in [1.54, 1.807) is 12.1 Å². The maximum atomic E-state index is 12.6. The molecule has 1 atom stereocenters. The first-order valence-electron chi connectivity index (χ1n) is 8.34. The van der Waals surface area contributed by atoms with Crippen LogP contribution in [0.25, 0.3) is 0 Å². The number of carbonyl (C=O) groups is 2. The first kappa shape index (κ1) is 21.0. The van der Waals surface area contributed by atoms with E-state index in [9.17, 15) is 18.0 Å². The third kappa shape index (κ3) is 5.33. The van der Waals surface area contributed by atoms with Crippen molar-refractivity contribution in [3.8, 4) is 11.5 Å². The van der Waals surface area contributed by atoms with Crippen molar-refractivity contribution in [1.82, 2.24) is 4.90 Å². The molecule has 1 heterocycles. The van der Waals surface area contributed by atoms with Gasteiger partial charge in [-0.3, -0.25) is 9.59 Å². The number of sulfone groups is 1. The molecule has 0 radical (unpaired) electrons. The molecule has 1 saturated heterocycles. The van der Waals surface area contributed by atoms with Crippen LogP contribution in [0, 0.1) is 0 Å². The molecule has 0 aliphatic carbocycles. The summed E-state index contributed by atoms with van der Waals surface area (Å²) in [5.74, 6) is -0.912. The van der Waals surface area contributed by atoms with E-state index in [2.05, 4.69) is 5.32 Å².